The number of aryl methyl sites for hydroxylation is 2. The molecule has 2 fully saturated rings. The minimum atomic E-state index is -0.642. The summed E-state index contributed by atoms with van der Waals surface area (Å²) in [5, 5.41) is 2.98. The summed E-state index contributed by atoms with van der Waals surface area (Å²) in [4.78, 5) is 26.5. The minimum Gasteiger partial charge on any atom is -0.494 e. The van der Waals surface area contributed by atoms with Gasteiger partial charge in [-0.05, 0) is 75.1 Å². The van der Waals surface area contributed by atoms with E-state index in [9.17, 15) is 9.59 Å². The molecule has 0 unspecified atom stereocenters. The second-order valence-electron chi connectivity index (χ2n) is 7.85. The molecular formula is C21H30N2O3. The average molecular weight is 358 g/mol. The summed E-state index contributed by atoms with van der Waals surface area (Å²) >= 11 is 0. The molecular weight excluding hydrogens is 328 g/mol. The van der Waals surface area contributed by atoms with Crippen LogP contribution < -0.4 is 10.1 Å². The van der Waals surface area contributed by atoms with Crippen molar-refractivity contribution >= 4 is 11.9 Å². The third-order valence-electron chi connectivity index (χ3n) is 5.77. The molecule has 0 radical (unpaired) electrons. The van der Waals surface area contributed by atoms with Gasteiger partial charge in [0.1, 0.15) is 11.3 Å². The van der Waals surface area contributed by atoms with Gasteiger partial charge in [0.25, 0.3) is 5.91 Å². The van der Waals surface area contributed by atoms with Gasteiger partial charge >= 0.3 is 6.03 Å². The minimum absolute atomic E-state index is 0.0385. The zero-order chi connectivity index (χ0) is 18.7. The van der Waals surface area contributed by atoms with E-state index in [4.69, 9.17) is 4.74 Å². The number of imide groups is 1. The van der Waals surface area contributed by atoms with Crippen molar-refractivity contribution in [2.45, 2.75) is 64.8 Å². The monoisotopic (exact) mass is 358 g/mol. The molecule has 1 aromatic carbocycles. The molecule has 1 saturated heterocycles. The van der Waals surface area contributed by atoms with Crippen molar-refractivity contribution in [3.8, 4) is 5.75 Å². The second-order valence-corrected chi connectivity index (χ2v) is 7.85. The molecule has 0 bridgehead atoms. The van der Waals surface area contributed by atoms with Gasteiger partial charge in [-0.25, -0.2) is 4.79 Å². The van der Waals surface area contributed by atoms with E-state index in [0.29, 0.717) is 25.5 Å². The lowest BCUT2D eigenvalue weighted by Gasteiger charge is -2.34. The second kappa shape index (κ2) is 7.68. The Morgan fingerprint density at radius 1 is 1.15 bits per heavy atom. The van der Waals surface area contributed by atoms with Crippen LogP contribution in [-0.2, 0) is 4.79 Å². The van der Waals surface area contributed by atoms with Crippen molar-refractivity contribution < 1.29 is 14.3 Å². The lowest BCUT2D eigenvalue weighted by atomic mass is 9.75. The van der Waals surface area contributed by atoms with Crippen LogP contribution in [0, 0.1) is 19.8 Å². The SMILES string of the molecule is CCC1CCC2(CC1)NC(=O)N(CCCOc1cc(C)cc(C)c1)C2=O. The summed E-state index contributed by atoms with van der Waals surface area (Å²) < 4.78 is 5.79. The van der Waals surface area contributed by atoms with Gasteiger partial charge in [0, 0.05) is 6.54 Å². The van der Waals surface area contributed by atoms with Crippen LogP contribution in [0.15, 0.2) is 18.2 Å². The highest BCUT2D eigenvalue weighted by Gasteiger charge is 2.51. The number of nitrogens with one attached hydrogen (secondary N) is 1. The average Bonchev–Trinajstić information content (AvgIpc) is 2.82. The first kappa shape index (κ1) is 18.7. The van der Waals surface area contributed by atoms with E-state index in [2.05, 4.69) is 18.3 Å². The Morgan fingerprint density at radius 3 is 2.42 bits per heavy atom. The standard InChI is InChI=1S/C21H30N2O3/c1-4-17-6-8-21(9-7-17)19(24)23(20(25)22-21)10-5-11-26-18-13-15(2)12-16(3)14-18/h12-14,17H,4-11H2,1-3H3,(H,22,25). The third-order valence-corrected chi connectivity index (χ3v) is 5.77. The molecule has 3 amide bonds. The number of hydrogen-bond acceptors (Lipinski definition) is 3. The quantitative estimate of drug-likeness (QED) is 0.618. The molecule has 5 nitrogen and oxygen atoms in total. The molecule has 3 rings (SSSR count). The van der Waals surface area contributed by atoms with Crippen molar-refractivity contribution in [3.63, 3.8) is 0 Å². The fraction of sp³-hybridized carbons (Fsp3) is 0.619. The van der Waals surface area contributed by atoms with Gasteiger partial charge in [0.2, 0.25) is 0 Å². The predicted molar refractivity (Wildman–Crippen MR) is 101 cm³/mol. The first-order valence-electron chi connectivity index (χ1n) is 9.79. The largest absolute Gasteiger partial charge is 0.494 e. The fourth-order valence-electron chi connectivity index (χ4n) is 4.23. The Bertz CT molecular complexity index is 658. The highest BCUT2D eigenvalue weighted by atomic mass is 16.5. The highest BCUT2D eigenvalue weighted by Crippen LogP contribution is 2.37. The predicted octanol–water partition coefficient (Wildman–Crippen LogP) is 3.96. The summed E-state index contributed by atoms with van der Waals surface area (Å²) in [6.45, 7) is 7.18. The summed E-state index contributed by atoms with van der Waals surface area (Å²) in [5.41, 5.74) is 1.69. The van der Waals surface area contributed by atoms with Gasteiger partial charge in [-0.2, -0.15) is 0 Å². The molecule has 142 valence electrons. The van der Waals surface area contributed by atoms with E-state index in [-0.39, 0.29) is 11.9 Å². The molecule has 1 aliphatic carbocycles. The maximum absolute atomic E-state index is 12.8. The summed E-state index contributed by atoms with van der Waals surface area (Å²) in [6, 6.07) is 5.87. The Balaban J connectivity index is 1.51. The first-order valence-corrected chi connectivity index (χ1v) is 9.79. The summed E-state index contributed by atoms with van der Waals surface area (Å²) in [6.07, 6.45) is 5.37. The van der Waals surface area contributed by atoms with Crippen LogP contribution in [0.1, 0.15) is 56.6 Å². The zero-order valence-corrected chi connectivity index (χ0v) is 16.1. The van der Waals surface area contributed by atoms with Crippen LogP contribution in [0.2, 0.25) is 0 Å². The number of carbonyl (C=O) groups is 2. The third kappa shape index (κ3) is 3.87. The molecule has 1 heterocycles. The number of hydrogen-bond donors (Lipinski definition) is 1. The molecule has 2 aliphatic rings. The van der Waals surface area contributed by atoms with Crippen molar-refractivity contribution in [3.05, 3.63) is 29.3 Å². The number of carbonyl (C=O) groups excluding carboxylic acids is 2. The lowest BCUT2D eigenvalue weighted by molar-refractivity contribution is -0.132. The van der Waals surface area contributed by atoms with Crippen molar-refractivity contribution in [2.75, 3.05) is 13.2 Å². The van der Waals surface area contributed by atoms with Crippen LogP contribution in [0.3, 0.4) is 0 Å². The Labute approximate surface area is 156 Å². The van der Waals surface area contributed by atoms with Gasteiger partial charge < -0.3 is 10.1 Å². The normalized spacial score (nSPS) is 25.7. The molecule has 0 aromatic heterocycles. The Hall–Kier alpha value is -2.04. The molecule has 1 spiro atoms. The number of amides is 3. The maximum atomic E-state index is 12.8. The van der Waals surface area contributed by atoms with E-state index >= 15 is 0 Å². The zero-order valence-electron chi connectivity index (χ0n) is 16.1. The van der Waals surface area contributed by atoms with Gasteiger partial charge in [0.05, 0.1) is 6.61 Å². The molecule has 26 heavy (non-hydrogen) atoms. The Kier molecular flexibility index (Phi) is 5.54. The first-order chi connectivity index (χ1) is 12.4. The van der Waals surface area contributed by atoms with Crippen molar-refractivity contribution in [2.24, 2.45) is 5.92 Å². The molecule has 1 N–H and O–H groups in total. The van der Waals surface area contributed by atoms with Crippen LogP contribution in [0.4, 0.5) is 4.79 Å². The van der Waals surface area contributed by atoms with Crippen molar-refractivity contribution in [1.29, 1.82) is 0 Å². The van der Waals surface area contributed by atoms with E-state index in [0.717, 1.165) is 37.9 Å². The van der Waals surface area contributed by atoms with Crippen LogP contribution in [0.5, 0.6) is 5.75 Å². The lowest BCUT2D eigenvalue weighted by Crippen LogP contribution is -2.49. The maximum Gasteiger partial charge on any atom is 0.325 e. The van der Waals surface area contributed by atoms with E-state index in [1.54, 1.807) is 0 Å². The Morgan fingerprint density at radius 2 is 1.81 bits per heavy atom. The molecule has 1 aliphatic heterocycles. The van der Waals surface area contributed by atoms with Gasteiger partial charge in [-0.3, -0.25) is 9.69 Å². The molecule has 1 saturated carbocycles. The number of ether oxygens (including phenoxy) is 1. The molecule has 0 atom stereocenters. The van der Waals surface area contributed by atoms with Crippen LogP contribution in [0.25, 0.3) is 0 Å². The van der Waals surface area contributed by atoms with E-state index < -0.39 is 5.54 Å². The summed E-state index contributed by atoms with van der Waals surface area (Å²) in [5.74, 6) is 1.49. The summed E-state index contributed by atoms with van der Waals surface area (Å²) in [7, 11) is 0. The van der Waals surface area contributed by atoms with Gasteiger partial charge in [0.15, 0.2) is 0 Å². The molecule has 1 aromatic rings. The fourth-order valence-corrected chi connectivity index (χ4v) is 4.23. The molecule has 5 heteroatoms. The number of urea groups is 1. The topological polar surface area (TPSA) is 58.6 Å². The van der Waals surface area contributed by atoms with Gasteiger partial charge in [-0.15, -0.1) is 0 Å². The van der Waals surface area contributed by atoms with Crippen LogP contribution in [-0.4, -0.2) is 35.5 Å². The smallest absolute Gasteiger partial charge is 0.325 e. The number of benzene rings is 1. The van der Waals surface area contributed by atoms with E-state index in [1.165, 1.54) is 16.0 Å². The number of rotatable bonds is 6. The highest BCUT2D eigenvalue weighted by molar-refractivity contribution is 6.07. The van der Waals surface area contributed by atoms with Crippen molar-refractivity contribution in [1.82, 2.24) is 10.2 Å². The van der Waals surface area contributed by atoms with Gasteiger partial charge in [-0.1, -0.05) is 19.4 Å². The number of nitrogens with zero attached hydrogens (tertiary/aromatic N) is 1. The van der Waals surface area contributed by atoms with Crippen LogP contribution >= 0.6 is 0 Å². The van der Waals surface area contributed by atoms with E-state index in [1.807, 2.05) is 26.0 Å².